The van der Waals surface area contributed by atoms with Crippen molar-refractivity contribution in [1.29, 1.82) is 0 Å². The maximum absolute atomic E-state index is 12.7. The van der Waals surface area contributed by atoms with Crippen molar-refractivity contribution in [2.45, 2.75) is 45.1 Å². The van der Waals surface area contributed by atoms with Gasteiger partial charge in [-0.15, -0.1) is 0 Å². The Morgan fingerprint density at radius 3 is 2.37 bits per heavy atom. The van der Waals surface area contributed by atoms with E-state index in [1.54, 1.807) is 6.07 Å². The van der Waals surface area contributed by atoms with Gasteiger partial charge in [-0.25, -0.2) is 8.42 Å². The maximum Gasteiger partial charge on any atom is 0.243 e. The second-order valence-electron chi connectivity index (χ2n) is 4.50. The molecule has 0 saturated carbocycles. The molecule has 0 bridgehead atoms. The average Bonchev–Trinajstić information content (AvgIpc) is 2.43. The number of rotatable bonds is 7. The van der Waals surface area contributed by atoms with Crippen LogP contribution in [0.15, 0.2) is 23.1 Å². The summed E-state index contributed by atoms with van der Waals surface area (Å²) in [4.78, 5) is 0.410. The molecule has 5 heteroatoms. The normalized spacial score (nSPS) is 12.1. The summed E-state index contributed by atoms with van der Waals surface area (Å²) < 4.78 is 26.9. The number of nitrogens with two attached hydrogens (primary N) is 1. The first-order chi connectivity index (χ1) is 9.01. The first kappa shape index (κ1) is 16.1. The molecule has 2 N–H and O–H groups in total. The molecule has 19 heavy (non-hydrogen) atoms. The summed E-state index contributed by atoms with van der Waals surface area (Å²) in [7, 11) is -3.41. The van der Waals surface area contributed by atoms with E-state index in [4.69, 9.17) is 5.73 Å². The van der Waals surface area contributed by atoms with Gasteiger partial charge in [-0.05, 0) is 30.0 Å². The molecule has 0 aliphatic heterocycles. The molecule has 0 amide bonds. The molecule has 0 spiro atoms. The predicted octanol–water partition coefficient (Wildman–Crippen LogP) is 2.13. The number of aryl methyl sites for hydroxylation is 1. The van der Waals surface area contributed by atoms with Crippen molar-refractivity contribution in [1.82, 2.24) is 4.31 Å². The van der Waals surface area contributed by atoms with Crippen LogP contribution in [-0.4, -0.2) is 25.8 Å². The van der Waals surface area contributed by atoms with Crippen molar-refractivity contribution in [3.63, 3.8) is 0 Å². The molecular weight excluding hydrogens is 260 g/mol. The van der Waals surface area contributed by atoms with Crippen LogP contribution in [0.5, 0.6) is 0 Å². The number of hydrogen-bond donors (Lipinski definition) is 1. The molecule has 0 radical (unpaired) electrons. The Hall–Kier alpha value is -0.910. The van der Waals surface area contributed by atoms with Gasteiger partial charge in [-0.3, -0.25) is 0 Å². The van der Waals surface area contributed by atoms with Crippen LogP contribution in [0.2, 0.25) is 0 Å². The molecule has 1 rings (SSSR count). The summed E-state index contributed by atoms with van der Waals surface area (Å²) in [6.45, 7) is 7.21. The van der Waals surface area contributed by atoms with Crippen molar-refractivity contribution < 1.29 is 8.42 Å². The third-order valence-corrected chi connectivity index (χ3v) is 5.25. The Bertz CT molecular complexity index is 512. The van der Waals surface area contributed by atoms with Crippen LogP contribution in [0.25, 0.3) is 0 Å². The fourth-order valence-electron chi connectivity index (χ4n) is 2.09. The zero-order valence-electron chi connectivity index (χ0n) is 12.0. The molecule has 0 heterocycles. The summed E-state index contributed by atoms with van der Waals surface area (Å²) in [5.41, 5.74) is 7.32. The molecule has 1 aromatic carbocycles. The van der Waals surface area contributed by atoms with Crippen LogP contribution >= 0.6 is 0 Å². The van der Waals surface area contributed by atoms with E-state index in [0.717, 1.165) is 17.5 Å². The van der Waals surface area contributed by atoms with Crippen LogP contribution in [0.3, 0.4) is 0 Å². The lowest BCUT2D eigenvalue weighted by molar-refractivity contribution is 0.426. The zero-order chi connectivity index (χ0) is 14.5. The summed E-state index contributed by atoms with van der Waals surface area (Å²) in [5.74, 6) is 0. The Balaban J connectivity index is 3.32. The topological polar surface area (TPSA) is 63.4 Å². The molecule has 0 unspecified atom stereocenters. The van der Waals surface area contributed by atoms with Crippen LogP contribution in [-0.2, 0) is 23.0 Å². The quantitative estimate of drug-likeness (QED) is 0.834. The van der Waals surface area contributed by atoms with E-state index in [-0.39, 0.29) is 0 Å². The summed E-state index contributed by atoms with van der Waals surface area (Å²) in [6.07, 6.45) is 1.51. The molecule has 0 aromatic heterocycles. The number of hydrogen-bond acceptors (Lipinski definition) is 3. The molecule has 0 aliphatic carbocycles. The predicted molar refractivity (Wildman–Crippen MR) is 78.4 cm³/mol. The fraction of sp³-hybridized carbons (Fsp3) is 0.571. The van der Waals surface area contributed by atoms with Crippen LogP contribution in [0, 0.1) is 0 Å². The molecule has 0 fully saturated rings. The monoisotopic (exact) mass is 284 g/mol. The van der Waals surface area contributed by atoms with Gasteiger partial charge in [0.1, 0.15) is 0 Å². The molecule has 0 saturated heterocycles. The minimum Gasteiger partial charge on any atom is -0.326 e. The SMILES string of the molecule is CCCN(CC)S(=O)(=O)c1cc(CN)ccc1CC. The van der Waals surface area contributed by atoms with Crippen LogP contribution in [0.1, 0.15) is 38.3 Å². The molecule has 0 atom stereocenters. The van der Waals surface area contributed by atoms with E-state index in [1.165, 1.54) is 4.31 Å². The maximum atomic E-state index is 12.7. The van der Waals surface area contributed by atoms with Crippen molar-refractivity contribution in [3.05, 3.63) is 29.3 Å². The van der Waals surface area contributed by atoms with Crippen molar-refractivity contribution in [2.75, 3.05) is 13.1 Å². The van der Waals surface area contributed by atoms with Gasteiger partial charge in [0.2, 0.25) is 10.0 Å². The van der Waals surface area contributed by atoms with Gasteiger partial charge >= 0.3 is 0 Å². The first-order valence-electron chi connectivity index (χ1n) is 6.83. The van der Waals surface area contributed by atoms with Crippen molar-refractivity contribution in [3.8, 4) is 0 Å². The second-order valence-corrected chi connectivity index (χ2v) is 6.40. The van der Waals surface area contributed by atoms with Gasteiger partial charge in [-0.1, -0.05) is 32.9 Å². The highest BCUT2D eigenvalue weighted by Gasteiger charge is 2.24. The fourth-order valence-corrected chi connectivity index (χ4v) is 3.98. The van der Waals surface area contributed by atoms with E-state index < -0.39 is 10.0 Å². The lowest BCUT2D eigenvalue weighted by atomic mass is 10.1. The highest BCUT2D eigenvalue weighted by Crippen LogP contribution is 2.22. The number of nitrogens with zero attached hydrogens (tertiary/aromatic N) is 1. The average molecular weight is 284 g/mol. The van der Waals surface area contributed by atoms with Gasteiger partial charge in [0, 0.05) is 19.6 Å². The van der Waals surface area contributed by atoms with Crippen molar-refractivity contribution in [2.24, 2.45) is 5.73 Å². The second kappa shape index (κ2) is 7.03. The Labute approximate surface area is 116 Å². The first-order valence-corrected chi connectivity index (χ1v) is 8.27. The smallest absolute Gasteiger partial charge is 0.243 e. The molecule has 108 valence electrons. The number of benzene rings is 1. The highest BCUT2D eigenvalue weighted by molar-refractivity contribution is 7.89. The van der Waals surface area contributed by atoms with Crippen LogP contribution in [0.4, 0.5) is 0 Å². The third-order valence-electron chi connectivity index (χ3n) is 3.19. The van der Waals surface area contributed by atoms with Gasteiger partial charge in [-0.2, -0.15) is 4.31 Å². The summed E-state index contributed by atoms with van der Waals surface area (Å²) in [5, 5.41) is 0. The minimum atomic E-state index is -3.41. The lowest BCUT2D eigenvalue weighted by Crippen LogP contribution is -2.32. The summed E-state index contributed by atoms with van der Waals surface area (Å²) >= 11 is 0. The standard InChI is InChI=1S/C14H24N2O2S/c1-4-9-16(6-3)19(17,18)14-10-12(11-15)7-8-13(14)5-2/h7-8,10H,4-6,9,11,15H2,1-3H3. The highest BCUT2D eigenvalue weighted by atomic mass is 32.2. The Morgan fingerprint density at radius 2 is 1.89 bits per heavy atom. The largest absolute Gasteiger partial charge is 0.326 e. The lowest BCUT2D eigenvalue weighted by Gasteiger charge is -2.21. The molecular formula is C14H24N2O2S. The van der Waals surface area contributed by atoms with Crippen molar-refractivity contribution >= 4 is 10.0 Å². The third kappa shape index (κ3) is 3.55. The van der Waals surface area contributed by atoms with E-state index in [9.17, 15) is 8.42 Å². The molecule has 0 aliphatic rings. The van der Waals surface area contributed by atoms with E-state index in [2.05, 4.69) is 0 Å². The molecule has 4 nitrogen and oxygen atoms in total. The van der Waals surface area contributed by atoms with E-state index in [0.29, 0.717) is 31.0 Å². The Morgan fingerprint density at radius 1 is 1.21 bits per heavy atom. The minimum absolute atomic E-state index is 0.354. The Kier molecular flexibility index (Phi) is 5.97. The number of sulfonamides is 1. The van der Waals surface area contributed by atoms with Gasteiger partial charge in [0.15, 0.2) is 0 Å². The van der Waals surface area contributed by atoms with Crippen LogP contribution < -0.4 is 5.73 Å². The van der Waals surface area contributed by atoms with E-state index in [1.807, 2.05) is 32.9 Å². The molecule has 1 aromatic rings. The van der Waals surface area contributed by atoms with Gasteiger partial charge < -0.3 is 5.73 Å². The van der Waals surface area contributed by atoms with Gasteiger partial charge in [0.25, 0.3) is 0 Å². The summed E-state index contributed by atoms with van der Waals surface area (Å²) in [6, 6.07) is 5.48. The van der Waals surface area contributed by atoms with E-state index >= 15 is 0 Å². The zero-order valence-corrected chi connectivity index (χ0v) is 12.8. The van der Waals surface area contributed by atoms with Gasteiger partial charge in [0.05, 0.1) is 4.90 Å².